The van der Waals surface area contributed by atoms with E-state index in [1.165, 1.54) is 9.35 Å². The molecule has 1 aliphatic heterocycles. The molecule has 1 fully saturated rings. The fourth-order valence-electron chi connectivity index (χ4n) is 2.49. The Morgan fingerprint density at radius 2 is 2.10 bits per heavy atom. The number of hydrogen-bond acceptors (Lipinski definition) is 5. The lowest BCUT2D eigenvalue weighted by Crippen LogP contribution is -2.46. The zero-order chi connectivity index (χ0) is 13.9. The number of rotatable bonds is 3. The summed E-state index contributed by atoms with van der Waals surface area (Å²) in [6.45, 7) is 5.20. The second kappa shape index (κ2) is 6.11. The molecule has 0 unspecified atom stereocenters. The molecule has 0 atom stereocenters. The summed E-state index contributed by atoms with van der Waals surface area (Å²) in [4.78, 5) is 10.3. The van der Waals surface area contributed by atoms with Crippen LogP contribution in [0, 0.1) is 0 Å². The van der Waals surface area contributed by atoms with E-state index < -0.39 is 0 Å². The first-order chi connectivity index (χ1) is 9.72. The molecule has 1 saturated heterocycles. The van der Waals surface area contributed by atoms with Crippen LogP contribution in [0.15, 0.2) is 34.4 Å². The Labute approximate surface area is 131 Å². The van der Waals surface area contributed by atoms with Crippen LogP contribution in [-0.4, -0.2) is 36.1 Å². The van der Waals surface area contributed by atoms with Gasteiger partial charge in [0.15, 0.2) is 0 Å². The Hall–Kier alpha value is -1.11. The summed E-state index contributed by atoms with van der Waals surface area (Å²) in [5.41, 5.74) is 7.87. The van der Waals surface area contributed by atoms with Crippen molar-refractivity contribution >= 4 is 38.6 Å². The van der Waals surface area contributed by atoms with Crippen LogP contribution in [0.2, 0.25) is 0 Å². The van der Waals surface area contributed by atoms with Crippen LogP contribution in [-0.2, 0) is 6.54 Å². The van der Waals surface area contributed by atoms with E-state index in [1.807, 2.05) is 17.4 Å². The second-order valence-electron chi connectivity index (χ2n) is 4.93. The first-order valence-electron chi connectivity index (χ1n) is 6.62. The largest absolute Gasteiger partial charge is 0.396 e. The maximum Gasteiger partial charge on any atom is 0.0738 e. The highest BCUT2D eigenvalue weighted by Gasteiger charge is 2.19. The Kier molecular flexibility index (Phi) is 4.24. The summed E-state index contributed by atoms with van der Waals surface area (Å²) >= 11 is 5.32. The van der Waals surface area contributed by atoms with Crippen molar-refractivity contribution in [2.75, 3.05) is 36.8 Å². The number of piperazine rings is 1. The number of halogens is 1. The van der Waals surface area contributed by atoms with E-state index >= 15 is 0 Å². The van der Waals surface area contributed by atoms with Crippen LogP contribution in [0.25, 0.3) is 0 Å². The van der Waals surface area contributed by atoms with E-state index in [-0.39, 0.29) is 0 Å². The van der Waals surface area contributed by atoms with E-state index in [2.05, 4.69) is 42.2 Å². The van der Waals surface area contributed by atoms with Crippen LogP contribution < -0.4 is 10.6 Å². The van der Waals surface area contributed by atoms with Crippen LogP contribution >= 0.6 is 27.3 Å². The molecule has 4 nitrogen and oxygen atoms in total. The summed E-state index contributed by atoms with van der Waals surface area (Å²) in [6.07, 6.45) is 3.53. The SMILES string of the molecule is Nc1cnccc1N1CCN(Cc2cc(Br)cs2)CC1. The van der Waals surface area contributed by atoms with Gasteiger partial charge in [-0.1, -0.05) is 0 Å². The number of thiophene rings is 1. The van der Waals surface area contributed by atoms with Gasteiger partial charge in [-0.25, -0.2) is 0 Å². The van der Waals surface area contributed by atoms with Crippen LogP contribution in [0.3, 0.4) is 0 Å². The topological polar surface area (TPSA) is 45.4 Å². The lowest BCUT2D eigenvalue weighted by molar-refractivity contribution is 0.252. The third kappa shape index (κ3) is 3.13. The van der Waals surface area contributed by atoms with Crippen molar-refractivity contribution in [3.05, 3.63) is 39.3 Å². The summed E-state index contributed by atoms with van der Waals surface area (Å²) in [5.74, 6) is 0. The molecule has 0 saturated carbocycles. The number of hydrogen-bond donors (Lipinski definition) is 1. The molecular formula is C14H17BrN4S. The van der Waals surface area contributed by atoms with Gasteiger partial charge in [0.25, 0.3) is 0 Å². The molecule has 0 bridgehead atoms. The smallest absolute Gasteiger partial charge is 0.0738 e. The van der Waals surface area contributed by atoms with Gasteiger partial charge in [-0.15, -0.1) is 11.3 Å². The predicted molar refractivity (Wildman–Crippen MR) is 88.2 cm³/mol. The van der Waals surface area contributed by atoms with E-state index in [4.69, 9.17) is 5.73 Å². The maximum atomic E-state index is 5.99. The second-order valence-corrected chi connectivity index (χ2v) is 6.84. The zero-order valence-corrected chi connectivity index (χ0v) is 13.5. The van der Waals surface area contributed by atoms with Crippen molar-refractivity contribution in [2.45, 2.75) is 6.54 Å². The van der Waals surface area contributed by atoms with Gasteiger partial charge in [0.1, 0.15) is 0 Å². The molecule has 2 N–H and O–H groups in total. The molecular weight excluding hydrogens is 336 g/mol. The first kappa shape index (κ1) is 13.9. The predicted octanol–water partition coefficient (Wildman–Crippen LogP) is 2.81. The molecule has 1 aliphatic rings. The van der Waals surface area contributed by atoms with E-state index in [0.29, 0.717) is 0 Å². The minimum atomic E-state index is 0.767. The normalized spacial score (nSPS) is 16.6. The van der Waals surface area contributed by atoms with Crippen molar-refractivity contribution in [3.63, 3.8) is 0 Å². The van der Waals surface area contributed by atoms with E-state index in [9.17, 15) is 0 Å². The number of aromatic nitrogens is 1. The average molecular weight is 353 g/mol. The summed E-state index contributed by atoms with van der Waals surface area (Å²) in [6, 6.07) is 4.21. The highest BCUT2D eigenvalue weighted by molar-refractivity contribution is 9.10. The number of pyridine rings is 1. The molecule has 6 heteroatoms. The van der Waals surface area contributed by atoms with Gasteiger partial charge in [-0.3, -0.25) is 9.88 Å². The zero-order valence-electron chi connectivity index (χ0n) is 11.1. The Balaban J connectivity index is 1.58. The van der Waals surface area contributed by atoms with E-state index in [0.717, 1.165) is 44.1 Å². The number of nitrogen functional groups attached to an aromatic ring is 1. The minimum Gasteiger partial charge on any atom is -0.396 e. The third-order valence-electron chi connectivity index (χ3n) is 3.54. The number of nitrogens with zero attached hydrogens (tertiary/aromatic N) is 3. The maximum absolute atomic E-state index is 5.99. The lowest BCUT2D eigenvalue weighted by atomic mass is 10.2. The molecule has 2 aromatic heterocycles. The molecule has 0 amide bonds. The molecule has 20 heavy (non-hydrogen) atoms. The molecule has 2 aromatic rings. The average Bonchev–Trinajstić information content (AvgIpc) is 2.86. The van der Waals surface area contributed by atoms with Crippen molar-refractivity contribution < 1.29 is 0 Å². The third-order valence-corrected chi connectivity index (χ3v) is 5.22. The molecule has 0 radical (unpaired) electrons. The van der Waals surface area contributed by atoms with Gasteiger partial charge in [0.05, 0.1) is 17.6 Å². The Morgan fingerprint density at radius 3 is 2.75 bits per heavy atom. The summed E-state index contributed by atoms with van der Waals surface area (Å²) < 4.78 is 1.18. The summed E-state index contributed by atoms with van der Waals surface area (Å²) in [5, 5.41) is 2.14. The molecule has 0 spiro atoms. The van der Waals surface area contributed by atoms with Gasteiger partial charge < -0.3 is 10.6 Å². The number of nitrogens with two attached hydrogens (primary N) is 1. The van der Waals surface area contributed by atoms with Gasteiger partial charge in [0.2, 0.25) is 0 Å². The standard InChI is InChI=1S/C14H17BrN4S/c15-11-7-12(20-10-11)9-18-3-5-19(6-4-18)14-1-2-17-8-13(14)16/h1-2,7-8,10H,3-6,9,16H2. The molecule has 3 rings (SSSR count). The monoisotopic (exact) mass is 352 g/mol. The quantitative estimate of drug-likeness (QED) is 0.922. The van der Waals surface area contributed by atoms with Gasteiger partial charge in [-0.2, -0.15) is 0 Å². The Morgan fingerprint density at radius 1 is 1.30 bits per heavy atom. The van der Waals surface area contributed by atoms with Crippen molar-refractivity contribution in [2.24, 2.45) is 0 Å². The fourth-order valence-corrected chi connectivity index (χ4v) is 3.98. The van der Waals surface area contributed by atoms with Gasteiger partial charge in [0, 0.05) is 53.7 Å². The molecule has 106 valence electrons. The van der Waals surface area contributed by atoms with Gasteiger partial charge >= 0.3 is 0 Å². The fraction of sp³-hybridized carbons (Fsp3) is 0.357. The summed E-state index contributed by atoms with van der Waals surface area (Å²) in [7, 11) is 0. The van der Waals surface area contributed by atoms with Crippen LogP contribution in [0.1, 0.15) is 4.88 Å². The lowest BCUT2D eigenvalue weighted by Gasteiger charge is -2.36. The van der Waals surface area contributed by atoms with E-state index in [1.54, 1.807) is 12.4 Å². The first-order valence-corrected chi connectivity index (χ1v) is 8.29. The van der Waals surface area contributed by atoms with Crippen molar-refractivity contribution in [3.8, 4) is 0 Å². The van der Waals surface area contributed by atoms with Crippen molar-refractivity contribution in [1.82, 2.24) is 9.88 Å². The highest BCUT2D eigenvalue weighted by Crippen LogP contribution is 2.24. The van der Waals surface area contributed by atoms with Gasteiger partial charge in [-0.05, 0) is 28.1 Å². The van der Waals surface area contributed by atoms with Crippen LogP contribution in [0.4, 0.5) is 11.4 Å². The molecule has 0 aromatic carbocycles. The van der Waals surface area contributed by atoms with Crippen LogP contribution in [0.5, 0.6) is 0 Å². The highest BCUT2D eigenvalue weighted by atomic mass is 79.9. The number of anilines is 2. The minimum absolute atomic E-state index is 0.767. The molecule has 3 heterocycles. The van der Waals surface area contributed by atoms with Crippen molar-refractivity contribution in [1.29, 1.82) is 0 Å². The molecule has 0 aliphatic carbocycles. The Bertz CT molecular complexity index is 578.